The molecule has 6 nitrogen and oxygen atoms in total. The van der Waals surface area contributed by atoms with E-state index in [1.165, 1.54) is 5.56 Å². The van der Waals surface area contributed by atoms with Crippen LogP contribution < -0.4 is 10.6 Å². The van der Waals surface area contributed by atoms with Crippen molar-refractivity contribution in [3.63, 3.8) is 0 Å². The van der Waals surface area contributed by atoms with Crippen molar-refractivity contribution in [3.05, 3.63) is 59.4 Å². The average molecular weight is 500 g/mol. The summed E-state index contributed by atoms with van der Waals surface area (Å²) in [6, 6.07) is 13.0. The van der Waals surface area contributed by atoms with Crippen LogP contribution in [0.2, 0.25) is 6.32 Å². The molecular formula is C30H42BN5O. The molecule has 0 spiro atoms. The summed E-state index contributed by atoms with van der Waals surface area (Å²) < 4.78 is 1.87. The molecule has 4 atom stereocenters. The van der Waals surface area contributed by atoms with E-state index in [-0.39, 0.29) is 23.4 Å². The zero-order valence-corrected chi connectivity index (χ0v) is 23.2. The Morgan fingerprint density at radius 3 is 2.41 bits per heavy atom. The lowest BCUT2D eigenvalue weighted by molar-refractivity contribution is -0.127. The molecule has 7 heteroatoms. The van der Waals surface area contributed by atoms with Gasteiger partial charge in [-0.2, -0.15) is 9.61 Å². The molecule has 0 aliphatic heterocycles. The number of aromatic nitrogens is 3. The van der Waals surface area contributed by atoms with E-state index in [0.717, 1.165) is 67.7 Å². The molecule has 196 valence electrons. The highest BCUT2D eigenvalue weighted by molar-refractivity contribution is 6.09. The van der Waals surface area contributed by atoms with Gasteiger partial charge in [0.05, 0.1) is 19.5 Å². The van der Waals surface area contributed by atoms with Gasteiger partial charge in [0.2, 0.25) is 5.91 Å². The van der Waals surface area contributed by atoms with E-state index < -0.39 is 5.41 Å². The second kappa shape index (κ2) is 11.3. The second-order valence-corrected chi connectivity index (χ2v) is 11.2. The summed E-state index contributed by atoms with van der Waals surface area (Å²) in [6.45, 7) is 10.7. The van der Waals surface area contributed by atoms with Gasteiger partial charge in [-0.3, -0.25) is 4.79 Å². The SMILES string of the molecule is [B]CC(C)(CC)c1ccc(C(C)(CC)C(=O)N[C@@H]2CC[C@@H](Nc3cc(CCC)nc4ccnn34)C2)cc1. The molecule has 1 amide bonds. The van der Waals surface area contributed by atoms with Gasteiger partial charge in [-0.25, -0.2) is 4.98 Å². The summed E-state index contributed by atoms with van der Waals surface area (Å²) in [6.07, 6.45) is 8.98. The van der Waals surface area contributed by atoms with Crippen molar-refractivity contribution in [3.8, 4) is 0 Å². The predicted octanol–water partition coefficient (Wildman–Crippen LogP) is 5.75. The van der Waals surface area contributed by atoms with Crippen LogP contribution in [0.4, 0.5) is 5.82 Å². The zero-order valence-electron chi connectivity index (χ0n) is 23.2. The number of hydrogen-bond donors (Lipinski definition) is 2. The second-order valence-electron chi connectivity index (χ2n) is 11.2. The van der Waals surface area contributed by atoms with E-state index in [4.69, 9.17) is 12.8 Å². The van der Waals surface area contributed by atoms with Crippen LogP contribution in [0, 0.1) is 0 Å². The molecule has 37 heavy (non-hydrogen) atoms. The van der Waals surface area contributed by atoms with Crippen molar-refractivity contribution >= 4 is 25.2 Å². The highest BCUT2D eigenvalue weighted by Gasteiger charge is 2.36. The smallest absolute Gasteiger partial charge is 0.230 e. The van der Waals surface area contributed by atoms with E-state index >= 15 is 0 Å². The topological polar surface area (TPSA) is 71.3 Å². The normalized spacial score (nSPS) is 20.9. The van der Waals surface area contributed by atoms with Crippen LogP contribution in [-0.2, 0) is 22.0 Å². The quantitative estimate of drug-likeness (QED) is 0.330. The van der Waals surface area contributed by atoms with E-state index in [1.54, 1.807) is 6.20 Å². The van der Waals surface area contributed by atoms with Gasteiger partial charge in [0.1, 0.15) is 5.82 Å². The lowest BCUT2D eigenvalue weighted by Gasteiger charge is -2.31. The maximum atomic E-state index is 13.6. The third-order valence-electron chi connectivity index (χ3n) is 8.70. The van der Waals surface area contributed by atoms with Crippen molar-refractivity contribution in [1.82, 2.24) is 19.9 Å². The van der Waals surface area contributed by atoms with Crippen LogP contribution >= 0.6 is 0 Å². The van der Waals surface area contributed by atoms with Crippen molar-refractivity contribution in [2.45, 2.75) is 109 Å². The summed E-state index contributed by atoms with van der Waals surface area (Å²) in [5.74, 6) is 1.08. The number of hydrogen-bond acceptors (Lipinski definition) is 4. The fourth-order valence-electron chi connectivity index (χ4n) is 5.45. The van der Waals surface area contributed by atoms with Gasteiger partial charge in [0.25, 0.3) is 0 Å². The summed E-state index contributed by atoms with van der Waals surface area (Å²) in [4.78, 5) is 18.3. The van der Waals surface area contributed by atoms with E-state index in [1.807, 2.05) is 10.6 Å². The molecule has 1 fully saturated rings. The molecular weight excluding hydrogens is 457 g/mol. The van der Waals surface area contributed by atoms with Gasteiger partial charge >= 0.3 is 0 Å². The molecule has 2 N–H and O–H groups in total. The number of carbonyl (C=O) groups excluding carboxylic acids is 1. The first-order valence-electron chi connectivity index (χ1n) is 14.0. The minimum absolute atomic E-state index is 0.0386. The zero-order chi connectivity index (χ0) is 26.6. The fraction of sp³-hybridized carbons (Fsp3) is 0.567. The van der Waals surface area contributed by atoms with E-state index in [9.17, 15) is 4.79 Å². The maximum Gasteiger partial charge on any atom is 0.230 e. The molecule has 1 aromatic carbocycles. The summed E-state index contributed by atoms with van der Waals surface area (Å²) in [5, 5.41) is 11.5. The molecule has 4 rings (SSSR count). The number of benzene rings is 1. The minimum atomic E-state index is -0.573. The number of amides is 1. The Hall–Kier alpha value is -2.83. The Kier molecular flexibility index (Phi) is 8.30. The average Bonchev–Trinajstić information content (AvgIpc) is 3.57. The van der Waals surface area contributed by atoms with Crippen LogP contribution in [0.25, 0.3) is 5.65 Å². The summed E-state index contributed by atoms with van der Waals surface area (Å²) >= 11 is 0. The Bertz CT molecular complexity index is 1200. The molecule has 2 aromatic heterocycles. The monoisotopic (exact) mass is 499 g/mol. The highest BCUT2D eigenvalue weighted by Crippen LogP contribution is 2.34. The van der Waals surface area contributed by atoms with Crippen LogP contribution in [0.15, 0.2) is 42.6 Å². The van der Waals surface area contributed by atoms with Gasteiger partial charge in [0, 0.05) is 29.9 Å². The first-order chi connectivity index (χ1) is 17.8. The van der Waals surface area contributed by atoms with Crippen molar-refractivity contribution < 1.29 is 4.79 Å². The molecule has 1 aliphatic rings. The number of carbonyl (C=O) groups is 1. The molecule has 1 aliphatic carbocycles. The van der Waals surface area contributed by atoms with Crippen LogP contribution in [-0.4, -0.2) is 40.4 Å². The lowest BCUT2D eigenvalue weighted by Crippen LogP contribution is -2.46. The number of nitrogens with one attached hydrogen (secondary N) is 2. The van der Waals surface area contributed by atoms with Crippen LogP contribution in [0.3, 0.4) is 0 Å². The molecule has 2 unspecified atom stereocenters. The molecule has 3 aromatic rings. The molecule has 2 radical (unpaired) electrons. The fourth-order valence-corrected chi connectivity index (χ4v) is 5.45. The number of anilines is 1. The van der Waals surface area contributed by atoms with Gasteiger partial charge in [-0.15, -0.1) is 0 Å². The first-order valence-corrected chi connectivity index (χ1v) is 14.0. The van der Waals surface area contributed by atoms with Crippen LogP contribution in [0.5, 0.6) is 0 Å². The predicted molar refractivity (Wildman–Crippen MR) is 152 cm³/mol. The third kappa shape index (κ3) is 5.56. The van der Waals surface area contributed by atoms with Crippen molar-refractivity contribution in [2.75, 3.05) is 5.32 Å². The molecule has 2 heterocycles. The van der Waals surface area contributed by atoms with Gasteiger partial charge in [-0.1, -0.05) is 64.7 Å². The Balaban J connectivity index is 1.42. The lowest BCUT2D eigenvalue weighted by atomic mass is 9.70. The first kappa shape index (κ1) is 27.2. The number of nitrogens with zero attached hydrogens (tertiary/aromatic N) is 3. The number of aryl methyl sites for hydroxylation is 1. The Morgan fingerprint density at radius 1 is 1.05 bits per heavy atom. The third-order valence-corrected chi connectivity index (χ3v) is 8.70. The van der Waals surface area contributed by atoms with E-state index in [2.05, 4.69) is 80.7 Å². The van der Waals surface area contributed by atoms with E-state index in [0.29, 0.717) is 6.32 Å². The summed E-state index contributed by atoms with van der Waals surface area (Å²) in [5.41, 5.74) is 3.62. The maximum absolute atomic E-state index is 13.6. The molecule has 0 saturated heterocycles. The van der Waals surface area contributed by atoms with Crippen molar-refractivity contribution in [2.24, 2.45) is 0 Å². The standard InChI is InChI=1S/C30H42BN5O/c1-6-9-23-19-27(36-26(33-23)16-17-32-36)34-24-14-15-25(18-24)35-28(37)30(5,8-3)22-12-10-21(11-13-22)29(4,7-2)20-31/h10-13,16-17,19,24-25,34H,6-9,14-15,18,20H2,1-5H3,(H,35,37)/t24-,25-,29?,30?/m1/s1. The Morgan fingerprint density at radius 2 is 1.76 bits per heavy atom. The largest absolute Gasteiger partial charge is 0.367 e. The number of rotatable bonds is 11. The van der Waals surface area contributed by atoms with Gasteiger partial charge in [-0.05, 0) is 62.0 Å². The van der Waals surface area contributed by atoms with Gasteiger partial charge < -0.3 is 10.6 Å². The molecule has 0 bridgehead atoms. The van der Waals surface area contributed by atoms with Crippen LogP contribution in [0.1, 0.15) is 90.0 Å². The molecule has 1 saturated carbocycles. The minimum Gasteiger partial charge on any atom is -0.367 e. The van der Waals surface area contributed by atoms with Gasteiger partial charge in [0.15, 0.2) is 5.65 Å². The summed E-state index contributed by atoms with van der Waals surface area (Å²) in [7, 11) is 6.06. The Labute approximate surface area is 223 Å². The highest BCUT2D eigenvalue weighted by atomic mass is 16.2. The number of fused-ring (bicyclic) bond motifs is 1. The van der Waals surface area contributed by atoms with Crippen molar-refractivity contribution in [1.29, 1.82) is 0 Å².